The molecule has 0 atom stereocenters. The fraction of sp³-hybridized carbons (Fsp3) is 0.250. The molecule has 28 heavy (non-hydrogen) atoms. The first-order chi connectivity index (χ1) is 13.6. The second kappa shape index (κ2) is 9.63. The zero-order valence-corrected chi connectivity index (χ0v) is 17.7. The van der Waals surface area contributed by atoms with Crippen LogP contribution in [0.4, 0.5) is 4.39 Å². The van der Waals surface area contributed by atoms with Gasteiger partial charge in [-0.3, -0.25) is 9.98 Å². The van der Waals surface area contributed by atoms with Gasteiger partial charge in [0.05, 0.1) is 16.9 Å². The summed E-state index contributed by atoms with van der Waals surface area (Å²) in [6.07, 6.45) is 5.82. The van der Waals surface area contributed by atoms with E-state index in [0.29, 0.717) is 23.8 Å². The molecule has 6 nitrogen and oxygen atoms in total. The molecular formula is C20H20FIN4O2. The highest BCUT2D eigenvalue weighted by Gasteiger charge is 2.17. The zero-order valence-electron chi connectivity index (χ0n) is 15.6. The van der Waals surface area contributed by atoms with E-state index < -0.39 is 0 Å². The molecule has 8 heteroatoms. The molecule has 0 saturated heterocycles. The molecule has 3 rings (SSSR count). The van der Waals surface area contributed by atoms with Crippen LogP contribution in [0.5, 0.6) is 5.75 Å². The number of aliphatic imine (C=N–C) groups is 1. The number of aryl methyl sites for hydroxylation is 1. The molecule has 1 N–H and O–H groups in total. The molecule has 0 saturated carbocycles. The molecular weight excluding hydrogens is 474 g/mol. The van der Waals surface area contributed by atoms with Gasteiger partial charge in [-0.05, 0) is 65.3 Å². The molecule has 0 unspecified atom stereocenters. The maximum atomic E-state index is 13.2. The lowest BCUT2D eigenvalue weighted by Crippen LogP contribution is -2.26. The van der Waals surface area contributed by atoms with E-state index >= 15 is 0 Å². The third kappa shape index (κ3) is 4.86. The summed E-state index contributed by atoms with van der Waals surface area (Å²) in [4.78, 5) is 12.5. The number of hydrogen-bond donors (Lipinski definition) is 1. The lowest BCUT2D eigenvalue weighted by molar-refractivity contribution is 0.412. The number of amidine groups is 1. The number of nitrogens with zero attached hydrogens (tertiary/aromatic N) is 3. The maximum Gasteiger partial charge on any atom is 0.182 e. The quantitative estimate of drug-likeness (QED) is 0.232. The third-order valence-corrected chi connectivity index (χ3v) is 4.97. The van der Waals surface area contributed by atoms with E-state index in [-0.39, 0.29) is 5.82 Å². The van der Waals surface area contributed by atoms with Crippen LogP contribution in [0, 0.1) is 9.39 Å². The van der Waals surface area contributed by atoms with Crippen LogP contribution in [0.25, 0.3) is 11.3 Å². The van der Waals surface area contributed by atoms with Gasteiger partial charge in [-0.25, -0.2) is 9.37 Å². The summed E-state index contributed by atoms with van der Waals surface area (Å²) >= 11 is 2.22. The number of hydrogen-bond acceptors (Lipinski definition) is 5. The van der Waals surface area contributed by atoms with Crippen LogP contribution in [-0.2, 0) is 6.42 Å². The minimum Gasteiger partial charge on any atom is -0.496 e. The lowest BCUT2D eigenvalue weighted by Gasteiger charge is -2.10. The molecule has 0 amide bonds. The fourth-order valence-corrected chi connectivity index (χ4v) is 3.52. The molecule has 1 aromatic carbocycles. The molecule has 0 spiro atoms. The summed E-state index contributed by atoms with van der Waals surface area (Å²) in [5.41, 5.74) is 2.41. The number of halogens is 2. The van der Waals surface area contributed by atoms with Gasteiger partial charge in [-0.1, -0.05) is 0 Å². The molecule has 0 aliphatic carbocycles. The van der Waals surface area contributed by atoms with E-state index in [1.165, 1.54) is 18.7 Å². The molecule has 2 aromatic heterocycles. The Morgan fingerprint density at radius 3 is 2.89 bits per heavy atom. The van der Waals surface area contributed by atoms with Crippen LogP contribution < -0.4 is 10.1 Å². The predicted molar refractivity (Wildman–Crippen MR) is 114 cm³/mol. The van der Waals surface area contributed by atoms with Gasteiger partial charge >= 0.3 is 0 Å². The van der Waals surface area contributed by atoms with Crippen molar-refractivity contribution in [1.29, 1.82) is 0 Å². The molecule has 2 heterocycles. The Labute approximate surface area is 176 Å². The average Bonchev–Trinajstić information content (AvgIpc) is 3.17. The van der Waals surface area contributed by atoms with Gasteiger partial charge in [0.2, 0.25) is 0 Å². The molecule has 0 aliphatic heterocycles. The number of ether oxygens (including phenoxy) is 1. The number of oxazole rings is 1. The van der Waals surface area contributed by atoms with E-state index in [2.05, 4.69) is 42.9 Å². The van der Waals surface area contributed by atoms with Gasteiger partial charge < -0.3 is 14.5 Å². The van der Waals surface area contributed by atoms with Crippen molar-refractivity contribution in [3.8, 4) is 17.1 Å². The first kappa shape index (κ1) is 20.2. The molecule has 0 radical (unpaired) electrons. The average molecular weight is 494 g/mol. The second-order valence-electron chi connectivity index (χ2n) is 5.99. The minimum absolute atomic E-state index is 0.317. The van der Waals surface area contributed by atoms with E-state index in [9.17, 15) is 4.39 Å². The summed E-state index contributed by atoms with van der Waals surface area (Å²) < 4.78 is 25.1. The van der Waals surface area contributed by atoms with Gasteiger partial charge in [0.1, 0.15) is 11.6 Å². The monoisotopic (exact) mass is 494 g/mol. The largest absolute Gasteiger partial charge is 0.496 e. The van der Waals surface area contributed by atoms with Gasteiger partial charge in [0, 0.05) is 25.4 Å². The minimum atomic E-state index is -0.317. The van der Waals surface area contributed by atoms with Crippen molar-refractivity contribution in [3.05, 3.63) is 63.7 Å². The molecule has 146 valence electrons. The molecule has 0 aliphatic rings. The van der Waals surface area contributed by atoms with Crippen LogP contribution >= 0.6 is 22.6 Å². The second-order valence-corrected chi connectivity index (χ2v) is 7.16. The van der Waals surface area contributed by atoms with E-state index in [1.807, 2.05) is 18.2 Å². The number of benzene rings is 1. The van der Waals surface area contributed by atoms with Crippen molar-refractivity contribution in [1.82, 2.24) is 15.3 Å². The lowest BCUT2D eigenvalue weighted by atomic mass is 10.1. The van der Waals surface area contributed by atoms with Crippen LogP contribution in [0.1, 0.15) is 17.7 Å². The number of rotatable bonds is 7. The normalized spacial score (nSPS) is 11.5. The number of methoxy groups -OCH3 is 1. The Morgan fingerprint density at radius 1 is 1.32 bits per heavy atom. The topological polar surface area (TPSA) is 72.5 Å². The summed E-state index contributed by atoms with van der Waals surface area (Å²) in [7, 11) is 3.35. The van der Waals surface area contributed by atoms with Crippen LogP contribution in [0.2, 0.25) is 0 Å². The highest BCUT2D eigenvalue weighted by atomic mass is 127. The van der Waals surface area contributed by atoms with Crippen molar-refractivity contribution in [2.75, 3.05) is 20.7 Å². The third-order valence-electron chi connectivity index (χ3n) is 4.13. The summed E-state index contributed by atoms with van der Waals surface area (Å²) in [5.74, 6) is 1.78. The van der Waals surface area contributed by atoms with Gasteiger partial charge in [-0.2, -0.15) is 0 Å². The number of pyridine rings is 1. The number of aromatic nitrogens is 2. The standard InChI is InChI=1S/C20H20FIN4O2/c1-23-20(25-7-3-4-13-8-15(21)11-24-10-13)18-19(28-12-26-18)14-5-6-17(27-2)16(22)9-14/h5-6,8-12H,3-4,7H2,1-2H3,(H,23,25). The summed E-state index contributed by atoms with van der Waals surface area (Å²) in [6, 6.07) is 7.30. The van der Waals surface area contributed by atoms with E-state index in [1.54, 1.807) is 20.4 Å². The molecule has 0 bridgehead atoms. The Morgan fingerprint density at radius 2 is 2.18 bits per heavy atom. The molecule has 3 aromatic rings. The Kier molecular flexibility index (Phi) is 6.96. The van der Waals surface area contributed by atoms with Gasteiger partial charge in [-0.15, -0.1) is 0 Å². The van der Waals surface area contributed by atoms with Crippen molar-refractivity contribution < 1.29 is 13.5 Å². The van der Waals surface area contributed by atoms with Crippen LogP contribution in [0.15, 0.2) is 52.5 Å². The van der Waals surface area contributed by atoms with Crippen molar-refractivity contribution in [2.45, 2.75) is 12.8 Å². The van der Waals surface area contributed by atoms with Crippen molar-refractivity contribution in [2.24, 2.45) is 4.99 Å². The predicted octanol–water partition coefficient (Wildman–Crippen LogP) is 4.09. The van der Waals surface area contributed by atoms with E-state index in [0.717, 1.165) is 33.3 Å². The Hall–Kier alpha value is -2.49. The molecule has 0 fully saturated rings. The maximum absolute atomic E-state index is 13.2. The highest BCUT2D eigenvalue weighted by Crippen LogP contribution is 2.29. The Bertz CT molecular complexity index is 974. The van der Waals surface area contributed by atoms with Crippen LogP contribution in [-0.4, -0.2) is 36.5 Å². The first-order valence-electron chi connectivity index (χ1n) is 8.70. The fourth-order valence-electron chi connectivity index (χ4n) is 2.79. The Balaban J connectivity index is 1.67. The van der Waals surface area contributed by atoms with Gasteiger partial charge in [0.15, 0.2) is 23.7 Å². The van der Waals surface area contributed by atoms with Crippen molar-refractivity contribution >= 4 is 28.4 Å². The smallest absolute Gasteiger partial charge is 0.182 e. The van der Waals surface area contributed by atoms with Crippen molar-refractivity contribution in [3.63, 3.8) is 0 Å². The van der Waals surface area contributed by atoms with Crippen LogP contribution in [0.3, 0.4) is 0 Å². The SMILES string of the molecule is CN=C(NCCCc1cncc(F)c1)c1ncoc1-c1ccc(OC)c(I)c1. The first-order valence-corrected chi connectivity index (χ1v) is 9.78. The highest BCUT2D eigenvalue weighted by molar-refractivity contribution is 14.1. The summed E-state index contributed by atoms with van der Waals surface area (Å²) in [6.45, 7) is 0.662. The summed E-state index contributed by atoms with van der Waals surface area (Å²) in [5, 5.41) is 3.29. The number of nitrogens with one attached hydrogen (secondary N) is 1. The van der Waals surface area contributed by atoms with E-state index in [4.69, 9.17) is 9.15 Å². The van der Waals surface area contributed by atoms with Gasteiger partial charge in [0.25, 0.3) is 0 Å². The zero-order chi connectivity index (χ0) is 19.9.